The second-order valence-corrected chi connectivity index (χ2v) is 6.36. The van der Waals surface area contributed by atoms with E-state index >= 15 is 0 Å². The Morgan fingerprint density at radius 2 is 1.76 bits per heavy atom. The molecule has 2 aromatic rings. The third kappa shape index (κ3) is 3.19. The molecular weight excluding hydrogens is 256 g/mol. The van der Waals surface area contributed by atoms with Crippen LogP contribution in [0.25, 0.3) is 0 Å². The molecule has 1 heteroatoms. The van der Waals surface area contributed by atoms with Gasteiger partial charge in [-0.05, 0) is 54.2 Å². The third-order valence-electron chi connectivity index (χ3n) is 4.83. The number of aliphatic hydroxyl groups excluding tert-OH is 1. The monoisotopic (exact) mass is 280 g/mol. The molecule has 0 aliphatic heterocycles. The Hall–Kier alpha value is -1.60. The zero-order valence-corrected chi connectivity index (χ0v) is 12.7. The Morgan fingerprint density at radius 3 is 2.57 bits per heavy atom. The number of aryl methyl sites for hydroxylation is 1. The van der Waals surface area contributed by atoms with Crippen molar-refractivity contribution in [3.63, 3.8) is 0 Å². The standard InChI is InChI=1S/C20H24O/c1-15(20(21)17-9-3-2-4-10-17)14-18-12-7-11-16-8-5-6-13-19(16)18/h2-6,8-10,13,15,18,20-21H,7,11-12,14H2,1H3. The molecule has 2 aromatic carbocycles. The van der Waals surface area contributed by atoms with Crippen LogP contribution in [0.4, 0.5) is 0 Å². The van der Waals surface area contributed by atoms with E-state index in [0.717, 1.165) is 12.0 Å². The van der Waals surface area contributed by atoms with Gasteiger partial charge in [-0.25, -0.2) is 0 Å². The smallest absolute Gasteiger partial charge is 0.0815 e. The molecule has 0 saturated carbocycles. The maximum absolute atomic E-state index is 10.6. The fourth-order valence-corrected chi connectivity index (χ4v) is 3.66. The highest BCUT2D eigenvalue weighted by Gasteiger charge is 2.25. The first-order valence-corrected chi connectivity index (χ1v) is 8.06. The van der Waals surface area contributed by atoms with E-state index in [1.165, 1.54) is 30.4 Å². The number of aliphatic hydroxyl groups is 1. The van der Waals surface area contributed by atoms with Crippen LogP contribution in [0.15, 0.2) is 54.6 Å². The molecule has 3 unspecified atom stereocenters. The summed E-state index contributed by atoms with van der Waals surface area (Å²) in [6.07, 6.45) is 4.44. The lowest BCUT2D eigenvalue weighted by atomic mass is 9.77. The summed E-state index contributed by atoms with van der Waals surface area (Å²) in [5, 5.41) is 10.6. The van der Waals surface area contributed by atoms with E-state index in [0.29, 0.717) is 5.92 Å². The van der Waals surface area contributed by atoms with Crippen molar-refractivity contribution in [2.45, 2.75) is 44.6 Å². The Kier molecular flexibility index (Phi) is 4.40. The van der Waals surface area contributed by atoms with Crippen LogP contribution in [-0.2, 0) is 6.42 Å². The first-order chi connectivity index (χ1) is 10.3. The molecule has 0 heterocycles. The van der Waals surface area contributed by atoms with Crippen LogP contribution in [0.3, 0.4) is 0 Å². The number of hydrogen-bond donors (Lipinski definition) is 1. The largest absolute Gasteiger partial charge is 0.388 e. The zero-order valence-electron chi connectivity index (χ0n) is 12.7. The molecule has 0 aromatic heterocycles. The molecule has 0 spiro atoms. The summed E-state index contributed by atoms with van der Waals surface area (Å²) >= 11 is 0. The number of rotatable bonds is 4. The SMILES string of the molecule is CC(CC1CCCc2ccccc21)C(O)c1ccccc1. The molecule has 3 atom stereocenters. The molecule has 1 nitrogen and oxygen atoms in total. The van der Waals surface area contributed by atoms with Crippen molar-refractivity contribution in [1.29, 1.82) is 0 Å². The molecule has 21 heavy (non-hydrogen) atoms. The fourth-order valence-electron chi connectivity index (χ4n) is 3.66. The summed E-state index contributed by atoms with van der Waals surface area (Å²) in [7, 11) is 0. The van der Waals surface area contributed by atoms with Gasteiger partial charge in [-0.2, -0.15) is 0 Å². The maximum atomic E-state index is 10.6. The van der Waals surface area contributed by atoms with Crippen LogP contribution in [0.5, 0.6) is 0 Å². The molecule has 3 rings (SSSR count). The highest BCUT2D eigenvalue weighted by Crippen LogP contribution is 2.38. The van der Waals surface area contributed by atoms with E-state index in [-0.39, 0.29) is 12.0 Å². The van der Waals surface area contributed by atoms with Crippen molar-refractivity contribution < 1.29 is 5.11 Å². The highest BCUT2D eigenvalue weighted by atomic mass is 16.3. The first-order valence-electron chi connectivity index (χ1n) is 8.06. The average Bonchev–Trinajstić information content (AvgIpc) is 2.55. The zero-order chi connectivity index (χ0) is 14.7. The summed E-state index contributed by atoms with van der Waals surface area (Å²) in [5.41, 5.74) is 4.06. The van der Waals surface area contributed by atoms with Gasteiger partial charge in [0.25, 0.3) is 0 Å². The maximum Gasteiger partial charge on any atom is 0.0815 e. The average molecular weight is 280 g/mol. The van der Waals surface area contributed by atoms with Crippen molar-refractivity contribution in [1.82, 2.24) is 0 Å². The minimum atomic E-state index is -0.361. The van der Waals surface area contributed by atoms with E-state index in [2.05, 4.69) is 31.2 Å². The van der Waals surface area contributed by atoms with Gasteiger partial charge in [-0.1, -0.05) is 61.5 Å². The highest BCUT2D eigenvalue weighted by molar-refractivity contribution is 5.32. The Balaban J connectivity index is 1.72. The summed E-state index contributed by atoms with van der Waals surface area (Å²) in [5.74, 6) is 0.881. The van der Waals surface area contributed by atoms with E-state index < -0.39 is 0 Å². The number of benzene rings is 2. The van der Waals surface area contributed by atoms with Crippen molar-refractivity contribution >= 4 is 0 Å². The van der Waals surface area contributed by atoms with E-state index in [1.807, 2.05) is 30.3 Å². The lowest BCUT2D eigenvalue weighted by Gasteiger charge is -2.29. The lowest BCUT2D eigenvalue weighted by molar-refractivity contribution is 0.107. The molecule has 1 N–H and O–H groups in total. The summed E-state index contributed by atoms with van der Waals surface area (Å²) < 4.78 is 0. The molecule has 110 valence electrons. The van der Waals surface area contributed by atoms with E-state index in [4.69, 9.17) is 0 Å². The van der Waals surface area contributed by atoms with Gasteiger partial charge < -0.3 is 5.11 Å². The van der Waals surface area contributed by atoms with Gasteiger partial charge in [0.15, 0.2) is 0 Å². The van der Waals surface area contributed by atoms with Crippen LogP contribution in [0, 0.1) is 5.92 Å². The molecule has 0 fully saturated rings. The quantitative estimate of drug-likeness (QED) is 0.847. The van der Waals surface area contributed by atoms with Crippen molar-refractivity contribution in [2.24, 2.45) is 5.92 Å². The van der Waals surface area contributed by atoms with Crippen LogP contribution >= 0.6 is 0 Å². The molecule has 1 aliphatic carbocycles. The second-order valence-electron chi connectivity index (χ2n) is 6.36. The molecule has 1 aliphatic rings. The molecule has 0 bridgehead atoms. The van der Waals surface area contributed by atoms with Crippen LogP contribution in [0.1, 0.15) is 54.9 Å². The molecule has 0 amide bonds. The van der Waals surface area contributed by atoms with Crippen LogP contribution in [-0.4, -0.2) is 5.11 Å². The lowest BCUT2D eigenvalue weighted by Crippen LogP contribution is -2.17. The van der Waals surface area contributed by atoms with Crippen molar-refractivity contribution in [3.05, 3.63) is 71.3 Å². The Labute approximate surface area is 127 Å². The molecule has 0 saturated heterocycles. The third-order valence-corrected chi connectivity index (χ3v) is 4.83. The Bertz CT molecular complexity index is 575. The van der Waals surface area contributed by atoms with Gasteiger partial charge >= 0.3 is 0 Å². The summed E-state index contributed by atoms with van der Waals surface area (Å²) in [6, 6.07) is 18.9. The predicted octanol–water partition coefficient (Wildman–Crippen LogP) is 4.87. The van der Waals surface area contributed by atoms with Gasteiger partial charge in [0.2, 0.25) is 0 Å². The van der Waals surface area contributed by atoms with Crippen LogP contribution < -0.4 is 0 Å². The van der Waals surface area contributed by atoms with Gasteiger partial charge in [-0.3, -0.25) is 0 Å². The van der Waals surface area contributed by atoms with Crippen molar-refractivity contribution in [2.75, 3.05) is 0 Å². The van der Waals surface area contributed by atoms with Gasteiger partial charge in [0.1, 0.15) is 0 Å². The topological polar surface area (TPSA) is 20.2 Å². The molecular formula is C20H24O. The van der Waals surface area contributed by atoms with Gasteiger partial charge in [0, 0.05) is 0 Å². The van der Waals surface area contributed by atoms with E-state index in [9.17, 15) is 5.11 Å². The first kappa shape index (κ1) is 14.3. The van der Waals surface area contributed by atoms with Gasteiger partial charge in [0.05, 0.1) is 6.10 Å². The summed E-state index contributed by atoms with van der Waals surface area (Å²) in [6.45, 7) is 2.18. The Morgan fingerprint density at radius 1 is 1.05 bits per heavy atom. The minimum Gasteiger partial charge on any atom is -0.388 e. The number of hydrogen-bond acceptors (Lipinski definition) is 1. The summed E-state index contributed by atoms with van der Waals surface area (Å²) in [4.78, 5) is 0. The van der Waals surface area contributed by atoms with Crippen LogP contribution in [0.2, 0.25) is 0 Å². The number of fused-ring (bicyclic) bond motifs is 1. The predicted molar refractivity (Wildman–Crippen MR) is 87.3 cm³/mol. The van der Waals surface area contributed by atoms with Gasteiger partial charge in [-0.15, -0.1) is 0 Å². The normalized spacial score (nSPS) is 20.6. The van der Waals surface area contributed by atoms with E-state index in [1.54, 1.807) is 0 Å². The second kappa shape index (κ2) is 6.44. The molecule has 0 radical (unpaired) electrons. The fraction of sp³-hybridized carbons (Fsp3) is 0.400. The minimum absolute atomic E-state index is 0.281. The van der Waals surface area contributed by atoms with Crippen molar-refractivity contribution in [3.8, 4) is 0 Å².